The van der Waals surface area contributed by atoms with E-state index in [2.05, 4.69) is 16.0 Å². The second-order valence-electron chi connectivity index (χ2n) is 8.22. The molecule has 3 aliphatic rings. The fraction of sp³-hybridized carbons (Fsp3) is 0.700. The molecule has 162 valence electrons. The van der Waals surface area contributed by atoms with Crippen molar-refractivity contribution in [3.05, 3.63) is 30.1 Å². The average molecular weight is 416 g/mol. The summed E-state index contributed by atoms with van der Waals surface area (Å²) in [5.74, 6) is -1.30. The molecule has 0 spiro atoms. The Morgan fingerprint density at radius 3 is 2.76 bits per heavy atom. The van der Waals surface area contributed by atoms with Crippen molar-refractivity contribution < 1.29 is 32.5 Å². The number of alkyl halides is 3. The first-order chi connectivity index (χ1) is 13.8. The minimum absolute atomic E-state index is 0.228. The van der Waals surface area contributed by atoms with Crippen LogP contribution in [0.15, 0.2) is 24.5 Å². The van der Waals surface area contributed by atoms with Gasteiger partial charge in [0.15, 0.2) is 0 Å². The third-order valence-electron chi connectivity index (χ3n) is 5.93. The Balaban J connectivity index is 0.000000298. The number of carbonyl (C=O) groups is 1. The molecule has 1 aliphatic carbocycles. The molecule has 1 N–H and O–H groups in total. The molecular weight excluding hydrogens is 389 g/mol. The lowest BCUT2D eigenvalue weighted by atomic mass is 9.81. The summed E-state index contributed by atoms with van der Waals surface area (Å²) in [7, 11) is 0. The van der Waals surface area contributed by atoms with Crippen LogP contribution in [-0.4, -0.2) is 66.7 Å². The first kappa shape index (κ1) is 22.0. The molecule has 0 unspecified atom stereocenters. The van der Waals surface area contributed by atoms with Gasteiger partial charge in [-0.15, -0.1) is 0 Å². The summed E-state index contributed by atoms with van der Waals surface area (Å²) >= 11 is 0. The summed E-state index contributed by atoms with van der Waals surface area (Å²) in [6.07, 6.45) is 2.85. The number of pyridine rings is 1. The van der Waals surface area contributed by atoms with E-state index in [-0.39, 0.29) is 5.41 Å². The Kier molecular flexibility index (Phi) is 7.13. The van der Waals surface area contributed by atoms with Crippen LogP contribution in [0, 0.1) is 17.3 Å². The Bertz CT molecular complexity index is 669. The van der Waals surface area contributed by atoms with Gasteiger partial charge in [0.2, 0.25) is 0 Å². The lowest BCUT2D eigenvalue weighted by molar-refractivity contribution is -0.192. The van der Waals surface area contributed by atoms with E-state index in [1.807, 2.05) is 18.5 Å². The van der Waals surface area contributed by atoms with E-state index in [0.29, 0.717) is 5.92 Å². The number of hydrogen-bond acceptors (Lipinski definition) is 5. The highest BCUT2D eigenvalue weighted by molar-refractivity contribution is 5.73. The van der Waals surface area contributed by atoms with Gasteiger partial charge in [0.25, 0.3) is 0 Å². The van der Waals surface area contributed by atoms with Gasteiger partial charge in [-0.2, -0.15) is 13.2 Å². The molecule has 3 fully saturated rings. The Hall–Kier alpha value is -1.71. The zero-order valence-corrected chi connectivity index (χ0v) is 16.2. The molecule has 9 heteroatoms. The van der Waals surface area contributed by atoms with E-state index in [1.165, 1.54) is 24.8 Å². The zero-order valence-electron chi connectivity index (χ0n) is 16.2. The van der Waals surface area contributed by atoms with Gasteiger partial charge in [-0.3, -0.25) is 9.88 Å². The van der Waals surface area contributed by atoms with Crippen LogP contribution < -0.4 is 0 Å². The number of carboxylic acid groups (broad SMARTS) is 1. The third-order valence-corrected chi connectivity index (χ3v) is 5.93. The number of halogens is 3. The molecule has 3 heterocycles. The van der Waals surface area contributed by atoms with Gasteiger partial charge in [0, 0.05) is 50.0 Å². The summed E-state index contributed by atoms with van der Waals surface area (Å²) in [6, 6.07) is 4.18. The number of rotatable bonds is 6. The zero-order chi connectivity index (χ0) is 20.9. The maximum Gasteiger partial charge on any atom is 0.490 e. The van der Waals surface area contributed by atoms with Crippen molar-refractivity contribution >= 4 is 5.97 Å². The number of carboxylic acids is 1. The minimum atomic E-state index is -5.08. The van der Waals surface area contributed by atoms with Crippen molar-refractivity contribution in [2.24, 2.45) is 17.3 Å². The first-order valence-electron chi connectivity index (χ1n) is 9.85. The number of aromatic nitrogens is 1. The van der Waals surface area contributed by atoms with Crippen LogP contribution >= 0.6 is 0 Å². The number of likely N-dealkylation sites (tertiary alicyclic amines) is 1. The van der Waals surface area contributed by atoms with Gasteiger partial charge < -0.3 is 14.6 Å². The quantitative estimate of drug-likeness (QED) is 0.769. The molecule has 29 heavy (non-hydrogen) atoms. The van der Waals surface area contributed by atoms with E-state index in [9.17, 15) is 13.2 Å². The Morgan fingerprint density at radius 2 is 2.17 bits per heavy atom. The summed E-state index contributed by atoms with van der Waals surface area (Å²) in [6.45, 7) is 6.81. The summed E-state index contributed by atoms with van der Waals surface area (Å²) in [5, 5.41) is 7.12. The van der Waals surface area contributed by atoms with Crippen molar-refractivity contribution in [3.63, 3.8) is 0 Å². The molecule has 4 rings (SSSR count). The first-order valence-corrected chi connectivity index (χ1v) is 9.85. The molecule has 0 amide bonds. The molecule has 2 aliphatic heterocycles. The molecule has 0 aromatic carbocycles. The van der Waals surface area contributed by atoms with Crippen LogP contribution in [0.2, 0.25) is 0 Å². The third kappa shape index (κ3) is 5.90. The second kappa shape index (κ2) is 9.40. The van der Waals surface area contributed by atoms with E-state index < -0.39 is 12.1 Å². The highest BCUT2D eigenvalue weighted by Gasteiger charge is 2.50. The summed E-state index contributed by atoms with van der Waals surface area (Å²) in [4.78, 5) is 15.7. The maximum atomic E-state index is 10.6. The van der Waals surface area contributed by atoms with Gasteiger partial charge in [-0.25, -0.2) is 4.79 Å². The highest BCUT2D eigenvalue weighted by Crippen LogP contribution is 2.42. The van der Waals surface area contributed by atoms with E-state index in [4.69, 9.17) is 19.4 Å². The molecular formula is C20H27F3N2O4. The number of fused-ring (bicyclic) bond motifs is 1. The predicted molar refractivity (Wildman–Crippen MR) is 98.1 cm³/mol. The number of aliphatic carboxylic acids is 1. The number of nitrogens with zero attached hydrogens (tertiary/aromatic N) is 2. The molecule has 0 bridgehead atoms. The molecule has 2 saturated heterocycles. The smallest absolute Gasteiger partial charge is 0.475 e. The molecule has 2 atom stereocenters. The van der Waals surface area contributed by atoms with Crippen LogP contribution in [0.25, 0.3) is 0 Å². The van der Waals surface area contributed by atoms with Crippen LogP contribution in [-0.2, 0) is 20.8 Å². The Labute approximate surface area is 168 Å². The SMILES string of the molecule is O=C(O)C(F)(F)F.c1cncc(CN2C[C@@H]3COC[C@]3(COCC3CCC3)C2)c1. The van der Waals surface area contributed by atoms with E-state index in [0.717, 1.165) is 52.0 Å². The second-order valence-corrected chi connectivity index (χ2v) is 8.22. The topological polar surface area (TPSA) is 71.9 Å². The monoisotopic (exact) mass is 416 g/mol. The van der Waals surface area contributed by atoms with Crippen LogP contribution in [0.4, 0.5) is 13.2 Å². The molecule has 0 radical (unpaired) electrons. The van der Waals surface area contributed by atoms with Gasteiger partial charge in [-0.1, -0.05) is 12.5 Å². The molecule has 1 aromatic rings. The average Bonchev–Trinajstić information content (AvgIpc) is 3.14. The van der Waals surface area contributed by atoms with Crippen LogP contribution in [0.1, 0.15) is 24.8 Å². The van der Waals surface area contributed by atoms with Gasteiger partial charge in [0.1, 0.15) is 0 Å². The maximum absolute atomic E-state index is 10.6. The van der Waals surface area contributed by atoms with Gasteiger partial charge >= 0.3 is 12.1 Å². The largest absolute Gasteiger partial charge is 0.490 e. The van der Waals surface area contributed by atoms with E-state index >= 15 is 0 Å². The van der Waals surface area contributed by atoms with Gasteiger partial charge in [-0.05, 0) is 30.4 Å². The fourth-order valence-corrected chi connectivity index (χ4v) is 4.11. The predicted octanol–water partition coefficient (Wildman–Crippen LogP) is 2.98. The molecule has 1 aromatic heterocycles. The Morgan fingerprint density at radius 1 is 1.41 bits per heavy atom. The van der Waals surface area contributed by atoms with Crippen molar-refractivity contribution in [2.45, 2.75) is 32.0 Å². The van der Waals surface area contributed by atoms with Crippen LogP contribution in [0.3, 0.4) is 0 Å². The molecule has 1 saturated carbocycles. The van der Waals surface area contributed by atoms with Crippen molar-refractivity contribution in [3.8, 4) is 0 Å². The minimum Gasteiger partial charge on any atom is -0.475 e. The summed E-state index contributed by atoms with van der Waals surface area (Å²) < 4.78 is 43.6. The normalized spacial score (nSPS) is 27.1. The number of ether oxygens (including phenoxy) is 2. The highest BCUT2D eigenvalue weighted by atomic mass is 19.4. The van der Waals surface area contributed by atoms with Crippen molar-refractivity contribution in [2.75, 3.05) is 39.5 Å². The summed E-state index contributed by atoms with van der Waals surface area (Å²) in [5.41, 5.74) is 1.53. The lowest BCUT2D eigenvalue weighted by Gasteiger charge is -2.30. The van der Waals surface area contributed by atoms with Crippen LogP contribution in [0.5, 0.6) is 0 Å². The van der Waals surface area contributed by atoms with Crippen molar-refractivity contribution in [1.29, 1.82) is 0 Å². The van der Waals surface area contributed by atoms with E-state index in [1.54, 1.807) is 0 Å². The fourth-order valence-electron chi connectivity index (χ4n) is 4.11. The molecule has 6 nitrogen and oxygen atoms in total. The lowest BCUT2D eigenvalue weighted by Crippen LogP contribution is -2.36. The standard InChI is InChI=1S/C18H26N2O2.C2HF3O2/c1-3-15(4-1)10-21-13-18-12-20(9-17(18)11-22-14-18)8-16-5-2-6-19-7-16;3-2(4,5)1(6)7/h2,5-7,15,17H,1,3-4,8-14H2;(H,6,7)/t17-,18-;/m1./s1. The number of hydrogen-bond donors (Lipinski definition) is 1. The van der Waals surface area contributed by atoms with Crippen molar-refractivity contribution in [1.82, 2.24) is 9.88 Å². The van der Waals surface area contributed by atoms with Gasteiger partial charge in [0.05, 0.1) is 19.8 Å².